The summed E-state index contributed by atoms with van der Waals surface area (Å²) in [5.74, 6) is 1.80. The summed E-state index contributed by atoms with van der Waals surface area (Å²) in [5.41, 5.74) is 0. The van der Waals surface area contributed by atoms with E-state index in [2.05, 4.69) is 42.8 Å². The van der Waals surface area contributed by atoms with E-state index in [9.17, 15) is 4.79 Å². The van der Waals surface area contributed by atoms with Crippen molar-refractivity contribution in [2.24, 2.45) is 10.9 Å². The molecule has 0 bridgehead atoms. The summed E-state index contributed by atoms with van der Waals surface area (Å²) >= 11 is 0. The van der Waals surface area contributed by atoms with Gasteiger partial charge in [-0.2, -0.15) is 0 Å². The fraction of sp³-hybridized carbons (Fsp3) is 0.905. The molecule has 0 aromatic rings. The second-order valence-corrected chi connectivity index (χ2v) is 8.11. The predicted molar refractivity (Wildman–Crippen MR) is 130 cm³/mol. The van der Waals surface area contributed by atoms with Crippen LogP contribution in [-0.2, 0) is 9.53 Å². The third kappa shape index (κ3) is 8.96. The fourth-order valence-electron chi connectivity index (χ4n) is 3.92. The molecule has 170 valence electrons. The lowest BCUT2D eigenvalue weighted by Gasteiger charge is -2.36. The zero-order valence-corrected chi connectivity index (χ0v) is 21.2. The van der Waals surface area contributed by atoms with Gasteiger partial charge in [0, 0.05) is 59.0 Å². The van der Waals surface area contributed by atoms with Gasteiger partial charge in [-0.1, -0.05) is 13.8 Å². The highest BCUT2D eigenvalue weighted by Gasteiger charge is 2.24. The van der Waals surface area contributed by atoms with E-state index in [1.807, 2.05) is 4.90 Å². The lowest BCUT2D eigenvalue weighted by Crippen LogP contribution is -2.54. The molecule has 0 aromatic heterocycles. The number of amides is 1. The molecule has 1 N–H and O–H groups in total. The van der Waals surface area contributed by atoms with Gasteiger partial charge in [-0.3, -0.25) is 14.7 Å². The number of piperazine rings is 1. The van der Waals surface area contributed by atoms with Crippen molar-refractivity contribution < 1.29 is 9.53 Å². The molecular weight excluding hydrogens is 481 g/mol. The maximum absolute atomic E-state index is 12.4. The first-order chi connectivity index (χ1) is 13.5. The Balaban J connectivity index is 0.00000420. The molecule has 8 heteroatoms. The molecule has 0 spiro atoms. The molecule has 0 radical (unpaired) electrons. The highest BCUT2D eigenvalue weighted by molar-refractivity contribution is 14.0. The van der Waals surface area contributed by atoms with Crippen LogP contribution in [-0.4, -0.2) is 98.2 Å². The van der Waals surface area contributed by atoms with Gasteiger partial charge in [0.25, 0.3) is 0 Å². The van der Waals surface area contributed by atoms with Crippen molar-refractivity contribution in [1.29, 1.82) is 0 Å². The molecule has 2 rings (SSSR count). The number of nitrogens with one attached hydrogen (secondary N) is 1. The number of rotatable bonds is 9. The highest BCUT2D eigenvalue weighted by atomic mass is 127. The Morgan fingerprint density at radius 1 is 1.03 bits per heavy atom. The average molecular weight is 524 g/mol. The Bertz CT molecular complexity index is 489. The Morgan fingerprint density at radius 2 is 1.69 bits per heavy atom. The van der Waals surface area contributed by atoms with E-state index < -0.39 is 0 Å². The van der Waals surface area contributed by atoms with E-state index in [-0.39, 0.29) is 30.1 Å². The Hall–Kier alpha value is -0.610. The summed E-state index contributed by atoms with van der Waals surface area (Å²) in [5, 5.41) is 3.43. The van der Waals surface area contributed by atoms with Gasteiger partial charge in [-0.25, -0.2) is 0 Å². The topological polar surface area (TPSA) is 60.4 Å². The van der Waals surface area contributed by atoms with Crippen molar-refractivity contribution in [2.75, 3.05) is 65.5 Å². The van der Waals surface area contributed by atoms with Crippen molar-refractivity contribution in [1.82, 2.24) is 20.0 Å². The molecule has 1 amide bonds. The first-order valence-electron chi connectivity index (χ1n) is 11.2. The van der Waals surface area contributed by atoms with Crippen LogP contribution in [0.5, 0.6) is 0 Å². The molecule has 0 aromatic carbocycles. The number of ether oxygens (including phenoxy) is 1. The number of aliphatic imine (C=N–C) groups is 1. The molecule has 0 saturated carbocycles. The predicted octanol–water partition coefficient (Wildman–Crippen LogP) is 2.26. The van der Waals surface area contributed by atoms with Gasteiger partial charge in [-0.05, 0) is 39.0 Å². The second-order valence-electron chi connectivity index (χ2n) is 8.11. The van der Waals surface area contributed by atoms with Crippen LogP contribution in [0.4, 0.5) is 0 Å². The van der Waals surface area contributed by atoms with Crippen LogP contribution >= 0.6 is 24.0 Å². The standard InChI is InChI=1S/C21H41N5O2.HI/c1-5-22-21(23-10-9-19(18(3)4)28-6-2)26-15-13-24(14-16-26)17-20(27)25-11-7-8-12-25;/h18-19H,5-17H2,1-4H3,(H,22,23);1H. The van der Waals surface area contributed by atoms with Crippen molar-refractivity contribution in [2.45, 2.75) is 53.1 Å². The van der Waals surface area contributed by atoms with E-state index in [0.717, 1.165) is 84.2 Å². The number of halogens is 1. The molecule has 29 heavy (non-hydrogen) atoms. The van der Waals surface area contributed by atoms with E-state index in [1.54, 1.807) is 0 Å². The summed E-state index contributed by atoms with van der Waals surface area (Å²) < 4.78 is 5.84. The van der Waals surface area contributed by atoms with Gasteiger partial charge in [0.1, 0.15) is 0 Å². The number of carbonyl (C=O) groups is 1. The van der Waals surface area contributed by atoms with Crippen LogP contribution in [0.3, 0.4) is 0 Å². The first kappa shape index (κ1) is 26.4. The van der Waals surface area contributed by atoms with Gasteiger partial charge in [0.2, 0.25) is 5.91 Å². The van der Waals surface area contributed by atoms with Gasteiger partial charge in [-0.15, -0.1) is 24.0 Å². The minimum atomic E-state index is 0. The van der Waals surface area contributed by atoms with Crippen LogP contribution in [0.1, 0.15) is 47.0 Å². The number of nitrogens with zero attached hydrogens (tertiary/aromatic N) is 4. The van der Waals surface area contributed by atoms with Gasteiger partial charge in [0.15, 0.2) is 5.96 Å². The zero-order valence-electron chi connectivity index (χ0n) is 18.9. The highest BCUT2D eigenvalue weighted by Crippen LogP contribution is 2.12. The molecular formula is C21H42IN5O2. The van der Waals surface area contributed by atoms with Crippen LogP contribution in [0.2, 0.25) is 0 Å². The smallest absolute Gasteiger partial charge is 0.236 e. The lowest BCUT2D eigenvalue weighted by molar-refractivity contribution is -0.131. The summed E-state index contributed by atoms with van der Waals surface area (Å²) in [6, 6.07) is 0. The number of hydrogen-bond acceptors (Lipinski definition) is 4. The molecule has 2 fully saturated rings. The van der Waals surface area contributed by atoms with Gasteiger partial charge >= 0.3 is 0 Å². The van der Waals surface area contributed by atoms with Crippen molar-refractivity contribution in [3.8, 4) is 0 Å². The summed E-state index contributed by atoms with van der Waals surface area (Å²) in [6.07, 6.45) is 3.53. The van der Waals surface area contributed by atoms with Gasteiger partial charge < -0.3 is 19.9 Å². The molecule has 2 aliphatic rings. The number of guanidine groups is 1. The molecule has 2 saturated heterocycles. The Labute approximate surface area is 194 Å². The van der Waals surface area contributed by atoms with Gasteiger partial charge in [0.05, 0.1) is 12.6 Å². The average Bonchev–Trinajstić information content (AvgIpc) is 3.22. The first-order valence-corrected chi connectivity index (χ1v) is 11.2. The lowest BCUT2D eigenvalue weighted by atomic mass is 10.0. The van der Waals surface area contributed by atoms with E-state index in [1.165, 1.54) is 0 Å². The molecule has 1 atom stereocenters. The minimum absolute atomic E-state index is 0. The molecule has 2 heterocycles. The fourth-order valence-corrected chi connectivity index (χ4v) is 3.92. The zero-order chi connectivity index (χ0) is 20.4. The summed E-state index contributed by atoms with van der Waals surface area (Å²) in [4.78, 5) is 23.8. The van der Waals surface area contributed by atoms with E-state index >= 15 is 0 Å². The van der Waals surface area contributed by atoms with Crippen LogP contribution in [0, 0.1) is 5.92 Å². The third-order valence-corrected chi connectivity index (χ3v) is 5.62. The number of carbonyl (C=O) groups excluding carboxylic acids is 1. The van der Waals surface area contributed by atoms with E-state index in [4.69, 9.17) is 9.73 Å². The van der Waals surface area contributed by atoms with Crippen LogP contribution in [0.25, 0.3) is 0 Å². The largest absolute Gasteiger partial charge is 0.378 e. The molecule has 1 unspecified atom stereocenters. The molecule has 2 aliphatic heterocycles. The van der Waals surface area contributed by atoms with E-state index in [0.29, 0.717) is 18.4 Å². The van der Waals surface area contributed by atoms with Crippen molar-refractivity contribution in [3.05, 3.63) is 0 Å². The maximum atomic E-state index is 12.4. The SMILES string of the molecule is CCNC(=NCCC(OCC)C(C)C)N1CCN(CC(=O)N2CCCC2)CC1.I. The summed E-state index contributed by atoms with van der Waals surface area (Å²) in [7, 11) is 0. The number of likely N-dealkylation sites (tertiary alicyclic amines) is 1. The quantitative estimate of drug-likeness (QED) is 0.286. The van der Waals surface area contributed by atoms with Crippen molar-refractivity contribution >= 4 is 35.8 Å². The summed E-state index contributed by atoms with van der Waals surface area (Å²) in [6.45, 7) is 17.1. The normalized spacial score (nSPS) is 19.4. The van der Waals surface area contributed by atoms with Crippen LogP contribution in [0.15, 0.2) is 4.99 Å². The van der Waals surface area contributed by atoms with Crippen molar-refractivity contribution in [3.63, 3.8) is 0 Å². The second kappa shape index (κ2) is 14.4. The Morgan fingerprint density at radius 3 is 2.24 bits per heavy atom. The maximum Gasteiger partial charge on any atom is 0.236 e. The molecule has 7 nitrogen and oxygen atoms in total. The minimum Gasteiger partial charge on any atom is -0.378 e. The van der Waals surface area contributed by atoms with Crippen LogP contribution < -0.4 is 5.32 Å². The monoisotopic (exact) mass is 523 g/mol. The Kier molecular flexibility index (Phi) is 13.1. The third-order valence-electron chi connectivity index (χ3n) is 5.62. The number of hydrogen-bond donors (Lipinski definition) is 1. The molecule has 0 aliphatic carbocycles.